The van der Waals surface area contributed by atoms with Crippen molar-refractivity contribution in [2.24, 2.45) is 5.92 Å². The number of halogens is 2. The summed E-state index contributed by atoms with van der Waals surface area (Å²) in [6.07, 6.45) is -1.11. The monoisotopic (exact) mass is 301 g/mol. The van der Waals surface area contributed by atoms with E-state index < -0.39 is 40.9 Å². The molecule has 116 valence electrons. The molecular formula is C14H17F2NO4. The summed E-state index contributed by atoms with van der Waals surface area (Å²) in [5.41, 5.74) is -0.533. The quantitative estimate of drug-likeness (QED) is 0.844. The summed E-state index contributed by atoms with van der Waals surface area (Å²) in [7, 11) is 0. The number of rotatable bonds is 6. The van der Waals surface area contributed by atoms with Crippen molar-refractivity contribution >= 4 is 11.9 Å². The van der Waals surface area contributed by atoms with Gasteiger partial charge in [0.15, 0.2) is 23.5 Å². The number of carbonyl (C=O) groups is 2. The Morgan fingerprint density at radius 1 is 1.24 bits per heavy atom. The first-order chi connectivity index (χ1) is 9.72. The number of amides is 1. The predicted molar refractivity (Wildman–Crippen MR) is 71.3 cm³/mol. The van der Waals surface area contributed by atoms with Gasteiger partial charge in [-0.25, -0.2) is 13.6 Å². The van der Waals surface area contributed by atoms with Gasteiger partial charge in [-0.2, -0.15) is 0 Å². The Labute approximate surface area is 120 Å². The van der Waals surface area contributed by atoms with Crippen LogP contribution in [-0.4, -0.2) is 29.6 Å². The summed E-state index contributed by atoms with van der Waals surface area (Å²) in [5.74, 6) is -4.85. The highest BCUT2D eigenvalue weighted by Gasteiger charge is 2.21. The summed E-state index contributed by atoms with van der Waals surface area (Å²) >= 11 is 0. The Morgan fingerprint density at radius 3 is 2.19 bits per heavy atom. The first-order valence-corrected chi connectivity index (χ1v) is 6.39. The van der Waals surface area contributed by atoms with E-state index in [2.05, 4.69) is 5.32 Å². The molecule has 1 amide bonds. The molecular weight excluding hydrogens is 284 g/mol. The van der Waals surface area contributed by atoms with Gasteiger partial charge in [-0.3, -0.25) is 4.79 Å². The molecule has 0 radical (unpaired) electrons. The molecule has 2 N–H and O–H groups in total. The molecule has 0 aliphatic carbocycles. The average molecular weight is 301 g/mol. The highest BCUT2D eigenvalue weighted by atomic mass is 19.1. The second-order valence-corrected chi connectivity index (χ2v) is 4.97. The van der Waals surface area contributed by atoms with Crippen LogP contribution in [-0.2, 0) is 4.79 Å². The van der Waals surface area contributed by atoms with Gasteiger partial charge in [0.2, 0.25) is 0 Å². The summed E-state index contributed by atoms with van der Waals surface area (Å²) in [5, 5.41) is 11.2. The van der Waals surface area contributed by atoms with E-state index in [0.29, 0.717) is 18.7 Å². The topological polar surface area (TPSA) is 75.6 Å². The molecule has 0 aliphatic rings. The molecule has 1 atom stereocenters. The average Bonchev–Trinajstić information content (AvgIpc) is 2.39. The number of carboxylic acid groups (broad SMARTS) is 1. The summed E-state index contributed by atoms with van der Waals surface area (Å²) in [4.78, 5) is 22.3. The largest absolute Gasteiger partial charge is 0.478 e. The Morgan fingerprint density at radius 2 is 1.76 bits per heavy atom. The minimum Gasteiger partial charge on any atom is -0.478 e. The lowest BCUT2D eigenvalue weighted by Crippen LogP contribution is -2.38. The van der Waals surface area contributed by atoms with E-state index in [1.807, 2.05) is 13.8 Å². The van der Waals surface area contributed by atoms with Crippen molar-refractivity contribution < 1.29 is 28.2 Å². The molecule has 0 aromatic heterocycles. The second kappa shape index (κ2) is 7.01. The molecule has 0 bridgehead atoms. The maximum absolute atomic E-state index is 13.6. The van der Waals surface area contributed by atoms with Crippen LogP contribution in [0.4, 0.5) is 8.78 Å². The van der Waals surface area contributed by atoms with E-state index in [1.54, 1.807) is 0 Å². The fraction of sp³-hybridized carbons (Fsp3) is 0.429. The van der Waals surface area contributed by atoms with Gasteiger partial charge in [-0.1, -0.05) is 13.8 Å². The summed E-state index contributed by atoms with van der Waals surface area (Å²) in [6.45, 7) is 5.56. The third-order valence-electron chi connectivity index (χ3n) is 2.59. The number of benzene rings is 1. The molecule has 21 heavy (non-hydrogen) atoms. The van der Waals surface area contributed by atoms with Crippen molar-refractivity contribution in [2.45, 2.75) is 26.9 Å². The molecule has 0 fully saturated rings. The first-order valence-electron chi connectivity index (χ1n) is 6.39. The molecule has 1 aromatic carbocycles. The summed E-state index contributed by atoms with van der Waals surface area (Å²) in [6, 6.07) is 1.28. The summed E-state index contributed by atoms with van der Waals surface area (Å²) < 4.78 is 32.2. The minimum atomic E-state index is -1.46. The van der Waals surface area contributed by atoms with Crippen molar-refractivity contribution in [3.63, 3.8) is 0 Å². The molecule has 7 heteroatoms. The van der Waals surface area contributed by atoms with Crippen LogP contribution in [0.3, 0.4) is 0 Å². The van der Waals surface area contributed by atoms with Crippen LogP contribution >= 0.6 is 0 Å². The van der Waals surface area contributed by atoms with Crippen molar-refractivity contribution in [3.05, 3.63) is 29.3 Å². The maximum Gasteiger partial charge on any atom is 0.335 e. The third kappa shape index (κ3) is 4.70. The molecule has 5 nitrogen and oxygen atoms in total. The Bertz CT molecular complexity index is 523. The number of hydrogen-bond donors (Lipinski definition) is 2. The van der Waals surface area contributed by atoms with Gasteiger partial charge in [-0.15, -0.1) is 0 Å². The van der Waals surface area contributed by atoms with Gasteiger partial charge >= 0.3 is 5.97 Å². The van der Waals surface area contributed by atoms with Gasteiger partial charge in [0.25, 0.3) is 5.91 Å². The van der Waals surface area contributed by atoms with Crippen LogP contribution in [0.1, 0.15) is 31.1 Å². The van der Waals surface area contributed by atoms with Crippen LogP contribution in [0.25, 0.3) is 0 Å². The van der Waals surface area contributed by atoms with Crippen molar-refractivity contribution in [3.8, 4) is 5.75 Å². The Kier molecular flexibility index (Phi) is 5.63. The number of aromatic carboxylic acids is 1. The molecule has 0 heterocycles. The lowest BCUT2D eigenvalue weighted by atomic mass is 10.2. The minimum absolute atomic E-state index is 0.226. The van der Waals surface area contributed by atoms with E-state index in [-0.39, 0.29) is 5.92 Å². The van der Waals surface area contributed by atoms with Crippen LogP contribution in [0.2, 0.25) is 0 Å². The fourth-order valence-corrected chi connectivity index (χ4v) is 1.47. The molecule has 1 rings (SSSR count). The van der Waals surface area contributed by atoms with Crippen LogP contribution in [0.5, 0.6) is 5.75 Å². The number of hydrogen-bond acceptors (Lipinski definition) is 3. The van der Waals surface area contributed by atoms with Crippen molar-refractivity contribution in [2.75, 3.05) is 6.54 Å². The van der Waals surface area contributed by atoms with Crippen LogP contribution in [0.15, 0.2) is 12.1 Å². The smallest absolute Gasteiger partial charge is 0.335 e. The maximum atomic E-state index is 13.6. The van der Waals surface area contributed by atoms with E-state index in [1.165, 1.54) is 6.92 Å². The standard InChI is InChI=1S/C14H17F2NO4/c1-7(2)6-17-13(18)8(3)21-12-10(15)4-9(14(19)20)5-11(12)16/h4-5,7-8H,6H2,1-3H3,(H,17,18)(H,19,20). The van der Waals surface area contributed by atoms with Crippen LogP contribution in [0, 0.1) is 17.6 Å². The van der Waals surface area contributed by atoms with Crippen LogP contribution < -0.4 is 10.1 Å². The predicted octanol–water partition coefficient (Wildman–Crippen LogP) is 2.20. The normalized spacial score (nSPS) is 12.1. The van der Waals surface area contributed by atoms with Crippen molar-refractivity contribution in [1.29, 1.82) is 0 Å². The lowest BCUT2D eigenvalue weighted by Gasteiger charge is -2.16. The first kappa shape index (κ1) is 16.9. The zero-order chi connectivity index (χ0) is 16.2. The lowest BCUT2D eigenvalue weighted by molar-refractivity contribution is -0.127. The molecule has 0 saturated heterocycles. The number of ether oxygens (including phenoxy) is 1. The number of nitrogens with one attached hydrogen (secondary N) is 1. The highest BCUT2D eigenvalue weighted by molar-refractivity contribution is 5.87. The zero-order valence-electron chi connectivity index (χ0n) is 11.9. The van der Waals surface area contributed by atoms with Gasteiger partial charge in [0.1, 0.15) is 0 Å². The molecule has 1 unspecified atom stereocenters. The third-order valence-corrected chi connectivity index (χ3v) is 2.59. The molecule has 1 aromatic rings. The number of carboxylic acids is 1. The SMILES string of the molecule is CC(C)CNC(=O)C(C)Oc1c(F)cc(C(=O)O)cc1F. The Balaban J connectivity index is 2.83. The van der Waals surface area contributed by atoms with E-state index >= 15 is 0 Å². The van der Waals surface area contributed by atoms with Gasteiger partial charge in [-0.05, 0) is 25.0 Å². The number of carbonyl (C=O) groups excluding carboxylic acids is 1. The van der Waals surface area contributed by atoms with E-state index in [4.69, 9.17) is 9.84 Å². The fourth-order valence-electron chi connectivity index (χ4n) is 1.47. The molecule has 0 spiro atoms. The Hall–Kier alpha value is -2.18. The van der Waals surface area contributed by atoms with Gasteiger partial charge in [0, 0.05) is 6.54 Å². The van der Waals surface area contributed by atoms with E-state index in [9.17, 15) is 18.4 Å². The highest BCUT2D eigenvalue weighted by Crippen LogP contribution is 2.24. The second-order valence-electron chi connectivity index (χ2n) is 4.97. The molecule has 0 aliphatic heterocycles. The van der Waals surface area contributed by atoms with E-state index in [0.717, 1.165) is 0 Å². The van der Waals surface area contributed by atoms with Gasteiger partial charge in [0.05, 0.1) is 5.56 Å². The zero-order valence-corrected chi connectivity index (χ0v) is 11.9. The molecule has 0 saturated carbocycles. The van der Waals surface area contributed by atoms with Gasteiger partial charge < -0.3 is 15.2 Å². The van der Waals surface area contributed by atoms with Crippen molar-refractivity contribution in [1.82, 2.24) is 5.32 Å².